The fourth-order valence-corrected chi connectivity index (χ4v) is 1.14. The molecule has 0 aliphatic carbocycles. The minimum absolute atomic E-state index is 0.210. The number of alkyl halides is 3. The molecule has 0 saturated heterocycles. The highest BCUT2D eigenvalue weighted by Gasteiger charge is 2.28. The number of aryl methyl sites for hydroxylation is 1. The molecule has 0 aliphatic rings. The molecular formula is C11H11F3O. The first kappa shape index (κ1) is 11.6. The molecule has 0 amide bonds. The van der Waals surface area contributed by atoms with Crippen LogP contribution in [0.1, 0.15) is 11.1 Å². The van der Waals surface area contributed by atoms with Crippen molar-refractivity contribution in [3.63, 3.8) is 0 Å². The standard InChI is InChI=1S/C11H11F3O/c1-3-9-4-8(2)5-10(6-9)15-7-11(12,13)14/h3-6H,1,7H2,2H3. The van der Waals surface area contributed by atoms with Gasteiger partial charge in [0.2, 0.25) is 0 Å². The summed E-state index contributed by atoms with van der Waals surface area (Å²) in [5.41, 5.74) is 1.58. The van der Waals surface area contributed by atoms with Gasteiger partial charge in [0.1, 0.15) is 5.75 Å². The van der Waals surface area contributed by atoms with Gasteiger partial charge in [0.05, 0.1) is 0 Å². The van der Waals surface area contributed by atoms with Gasteiger partial charge in [-0.25, -0.2) is 0 Å². The van der Waals surface area contributed by atoms with Crippen LogP contribution in [0.5, 0.6) is 5.75 Å². The van der Waals surface area contributed by atoms with E-state index in [1.807, 2.05) is 6.07 Å². The van der Waals surface area contributed by atoms with Gasteiger partial charge in [0.15, 0.2) is 6.61 Å². The van der Waals surface area contributed by atoms with Gasteiger partial charge in [0.25, 0.3) is 0 Å². The Labute approximate surface area is 86.2 Å². The summed E-state index contributed by atoms with van der Waals surface area (Å²) < 4.78 is 40.3. The Hall–Kier alpha value is -1.45. The van der Waals surface area contributed by atoms with E-state index in [-0.39, 0.29) is 5.75 Å². The smallest absolute Gasteiger partial charge is 0.422 e. The van der Waals surface area contributed by atoms with Crippen LogP contribution in [0, 0.1) is 6.92 Å². The minimum atomic E-state index is -4.31. The van der Waals surface area contributed by atoms with Crippen LogP contribution in [0.3, 0.4) is 0 Å². The Kier molecular flexibility index (Phi) is 3.39. The number of hydrogen-bond donors (Lipinski definition) is 0. The second-order valence-corrected chi connectivity index (χ2v) is 3.19. The van der Waals surface area contributed by atoms with Crippen LogP contribution in [0.25, 0.3) is 6.08 Å². The van der Waals surface area contributed by atoms with Crippen LogP contribution in [0.4, 0.5) is 13.2 Å². The van der Waals surface area contributed by atoms with Crippen molar-refractivity contribution in [3.05, 3.63) is 35.9 Å². The molecule has 15 heavy (non-hydrogen) atoms. The lowest BCUT2D eigenvalue weighted by Gasteiger charge is -2.10. The molecule has 0 saturated carbocycles. The summed E-state index contributed by atoms with van der Waals surface area (Å²) in [7, 11) is 0. The molecule has 4 heteroatoms. The van der Waals surface area contributed by atoms with E-state index in [2.05, 4.69) is 11.3 Å². The predicted molar refractivity (Wildman–Crippen MR) is 52.8 cm³/mol. The first-order valence-corrected chi connectivity index (χ1v) is 4.34. The van der Waals surface area contributed by atoms with Gasteiger partial charge in [-0.2, -0.15) is 13.2 Å². The highest BCUT2D eigenvalue weighted by Crippen LogP contribution is 2.21. The second-order valence-electron chi connectivity index (χ2n) is 3.19. The van der Waals surface area contributed by atoms with Gasteiger partial charge >= 0.3 is 6.18 Å². The Morgan fingerprint density at radius 2 is 2.00 bits per heavy atom. The zero-order valence-corrected chi connectivity index (χ0v) is 8.27. The largest absolute Gasteiger partial charge is 0.484 e. The minimum Gasteiger partial charge on any atom is -0.484 e. The van der Waals surface area contributed by atoms with E-state index in [4.69, 9.17) is 0 Å². The third-order valence-corrected chi connectivity index (χ3v) is 1.71. The lowest BCUT2D eigenvalue weighted by atomic mass is 10.1. The van der Waals surface area contributed by atoms with Crippen LogP contribution >= 0.6 is 0 Å². The number of hydrogen-bond acceptors (Lipinski definition) is 1. The van der Waals surface area contributed by atoms with E-state index in [1.165, 1.54) is 6.07 Å². The van der Waals surface area contributed by atoms with Crippen LogP contribution < -0.4 is 4.74 Å². The molecule has 0 heterocycles. The van der Waals surface area contributed by atoms with Crippen LogP contribution in [-0.4, -0.2) is 12.8 Å². The van der Waals surface area contributed by atoms with Gasteiger partial charge in [-0.3, -0.25) is 0 Å². The molecule has 0 bridgehead atoms. The maximum atomic E-state index is 11.9. The van der Waals surface area contributed by atoms with Crippen molar-refractivity contribution in [1.82, 2.24) is 0 Å². The molecule has 1 aromatic carbocycles. The molecule has 0 spiro atoms. The van der Waals surface area contributed by atoms with Crippen molar-refractivity contribution < 1.29 is 17.9 Å². The number of benzene rings is 1. The van der Waals surface area contributed by atoms with Gasteiger partial charge in [0, 0.05) is 0 Å². The van der Waals surface area contributed by atoms with E-state index in [9.17, 15) is 13.2 Å². The van der Waals surface area contributed by atoms with E-state index in [0.717, 1.165) is 11.1 Å². The average Bonchev–Trinajstić information content (AvgIpc) is 2.13. The Morgan fingerprint density at radius 1 is 1.33 bits per heavy atom. The zero-order chi connectivity index (χ0) is 11.5. The SMILES string of the molecule is C=Cc1cc(C)cc(OCC(F)(F)F)c1. The van der Waals surface area contributed by atoms with Crippen molar-refractivity contribution in [1.29, 1.82) is 0 Å². The molecule has 0 radical (unpaired) electrons. The van der Waals surface area contributed by atoms with Gasteiger partial charge in [-0.05, 0) is 30.2 Å². The number of rotatable bonds is 3. The summed E-state index contributed by atoms with van der Waals surface area (Å²) in [6.07, 6.45) is -2.74. The Bertz CT molecular complexity index is 355. The summed E-state index contributed by atoms with van der Waals surface area (Å²) in [5.74, 6) is 0.210. The molecule has 0 atom stereocenters. The maximum absolute atomic E-state index is 11.9. The fourth-order valence-electron chi connectivity index (χ4n) is 1.14. The summed E-state index contributed by atoms with van der Waals surface area (Å²) in [5, 5.41) is 0. The molecule has 0 unspecified atom stereocenters. The van der Waals surface area contributed by atoms with Crippen molar-refractivity contribution in [3.8, 4) is 5.75 Å². The average molecular weight is 216 g/mol. The molecule has 0 aromatic heterocycles. The van der Waals surface area contributed by atoms with E-state index in [0.29, 0.717) is 0 Å². The van der Waals surface area contributed by atoms with Crippen molar-refractivity contribution in [2.75, 3.05) is 6.61 Å². The van der Waals surface area contributed by atoms with E-state index in [1.54, 1.807) is 19.1 Å². The second kappa shape index (κ2) is 4.38. The van der Waals surface area contributed by atoms with Crippen LogP contribution in [0.2, 0.25) is 0 Å². The molecule has 1 nitrogen and oxygen atoms in total. The molecular weight excluding hydrogens is 205 g/mol. The highest BCUT2D eigenvalue weighted by molar-refractivity contribution is 5.51. The molecule has 1 rings (SSSR count). The topological polar surface area (TPSA) is 9.23 Å². The first-order valence-electron chi connectivity index (χ1n) is 4.34. The lowest BCUT2D eigenvalue weighted by Crippen LogP contribution is -2.19. The van der Waals surface area contributed by atoms with Gasteiger partial charge < -0.3 is 4.74 Å². The van der Waals surface area contributed by atoms with E-state index < -0.39 is 12.8 Å². The fraction of sp³-hybridized carbons (Fsp3) is 0.273. The molecule has 0 N–H and O–H groups in total. The maximum Gasteiger partial charge on any atom is 0.422 e. The highest BCUT2D eigenvalue weighted by atomic mass is 19.4. The summed E-state index contributed by atoms with van der Waals surface area (Å²) in [6.45, 7) is 4.06. The molecule has 1 aromatic rings. The zero-order valence-electron chi connectivity index (χ0n) is 8.27. The monoisotopic (exact) mass is 216 g/mol. The quantitative estimate of drug-likeness (QED) is 0.750. The van der Waals surface area contributed by atoms with Crippen molar-refractivity contribution in [2.45, 2.75) is 13.1 Å². The van der Waals surface area contributed by atoms with E-state index >= 15 is 0 Å². The predicted octanol–water partition coefficient (Wildman–Crippen LogP) is 3.58. The van der Waals surface area contributed by atoms with Crippen LogP contribution in [-0.2, 0) is 0 Å². The van der Waals surface area contributed by atoms with Crippen molar-refractivity contribution in [2.24, 2.45) is 0 Å². The number of ether oxygens (including phenoxy) is 1. The lowest BCUT2D eigenvalue weighted by molar-refractivity contribution is -0.153. The summed E-state index contributed by atoms with van der Waals surface area (Å²) in [6, 6.07) is 4.89. The third-order valence-electron chi connectivity index (χ3n) is 1.71. The first-order chi connectivity index (χ1) is 6.90. The Morgan fingerprint density at radius 3 is 2.53 bits per heavy atom. The Balaban J connectivity index is 2.77. The molecule has 0 aliphatic heterocycles. The molecule has 82 valence electrons. The van der Waals surface area contributed by atoms with Gasteiger partial charge in [-0.1, -0.05) is 18.7 Å². The summed E-state index contributed by atoms with van der Waals surface area (Å²) in [4.78, 5) is 0. The summed E-state index contributed by atoms with van der Waals surface area (Å²) >= 11 is 0. The normalized spacial score (nSPS) is 11.2. The van der Waals surface area contributed by atoms with Gasteiger partial charge in [-0.15, -0.1) is 0 Å². The number of halogens is 3. The van der Waals surface area contributed by atoms with Crippen LogP contribution in [0.15, 0.2) is 24.8 Å². The van der Waals surface area contributed by atoms with Crippen molar-refractivity contribution >= 4 is 6.08 Å². The third kappa shape index (κ3) is 4.06. The molecule has 0 fully saturated rings.